The number of carbonyl (C=O) groups is 1. The molecule has 9 heteroatoms. The van der Waals surface area contributed by atoms with Crippen LogP contribution in [0.15, 0.2) is 0 Å². The van der Waals surface area contributed by atoms with Gasteiger partial charge in [0, 0.05) is 13.0 Å². The van der Waals surface area contributed by atoms with Gasteiger partial charge >= 0.3 is 13.9 Å². The van der Waals surface area contributed by atoms with Crippen LogP contribution in [-0.4, -0.2) is 70.0 Å². The SMILES string of the molecule is CCCCCCCCCCCCCCCCCCC(COC(=O)NC)COP(=O)(O)OCC[N+](C)(C)C. The molecule has 222 valence electrons. The van der Waals surface area contributed by atoms with Gasteiger partial charge < -0.3 is 19.4 Å². The van der Waals surface area contributed by atoms with Crippen molar-refractivity contribution in [1.82, 2.24) is 5.32 Å². The normalized spacial score (nSPS) is 14.3. The zero-order valence-electron chi connectivity index (χ0n) is 24.8. The molecule has 0 heterocycles. The molecule has 2 unspecified atom stereocenters. The van der Waals surface area contributed by atoms with Gasteiger partial charge in [-0.15, -0.1) is 0 Å². The number of hydrogen-bond donors (Lipinski definition) is 2. The summed E-state index contributed by atoms with van der Waals surface area (Å²) in [4.78, 5) is 21.5. The van der Waals surface area contributed by atoms with Gasteiger partial charge in [0.25, 0.3) is 0 Å². The molecule has 0 radical (unpaired) electrons. The summed E-state index contributed by atoms with van der Waals surface area (Å²) in [5.74, 6) is -0.147. The molecule has 0 bridgehead atoms. The van der Waals surface area contributed by atoms with Crippen LogP contribution in [0.3, 0.4) is 0 Å². The first-order valence-electron chi connectivity index (χ1n) is 14.9. The van der Waals surface area contributed by atoms with Crippen molar-refractivity contribution in [2.75, 3.05) is 54.6 Å². The second-order valence-corrected chi connectivity index (χ2v) is 12.9. The topological polar surface area (TPSA) is 94.1 Å². The van der Waals surface area contributed by atoms with Crippen LogP contribution < -0.4 is 5.32 Å². The number of hydrogen-bond acceptors (Lipinski definition) is 5. The van der Waals surface area contributed by atoms with E-state index in [0.29, 0.717) is 11.0 Å². The standard InChI is InChI=1S/C28H59N2O6P/c1-6-7-8-9-10-11-12-13-14-15-16-17-18-19-20-21-22-27(25-34-28(31)29-2)26-36-37(32,33)35-24-23-30(3,4)5/h27H,6-26H2,1-5H3,(H-,29,31,32,33)/p+1. The van der Waals surface area contributed by atoms with E-state index in [-0.39, 0.29) is 25.7 Å². The number of ether oxygens (including phenoxy) is 1. The van der Waals surface area contributed by atoms with Crippen molar-refractivity contribution in [3.63, 3.8) is 0 Å². The lowest BCUT2D eigenvalue weighted by atomic mass is 10.0. The molecule has 2 atom stereocenters. The Balaban J connectivity index is 3.94. The number of likely N-dealkylation sites (N-methyl/N-ethyl adjacent to an activating group) is 1. The molecule has 0 saturated heterocycles. The van der Waals surface area contributed by atoms with Gasteiger partial charge in [-0.2, -0.15) is 0 Å². The number of phosphoric acid groups is 1. The first kappa shape index (κ1) is 36.3. The summed E-state index contributed by atoms with van der Waals surface area (Å²) in [7, 11) is 3.33. The fourth-order valence-electron chi connectivity index (χ4n) is 4.13. The smallest absolute Gasteiger partial charge is 0.449 e. The average molecular weight is 552 g/mol. The fourth-order valence-corrected chi connectivity index (χ4v) is 4.91. The number of nitrogens with zero attached hydrogens (tertiary/aromatic N) is 1. The van der Waals surface area contributed by atoms with Crippen LogP contribution in [-0.2, 0) is 18.3 Å². The van der Waals surface area contributed by atoms with E-state index in [1.165, 1.54) is 96.9 Å². The predicted octanol–water partition coefficient (Wildman–Crippen LogP) is 7.45. The summed E-state index contributed by atoms with van der Waals surface area (Å²) < 4.78 is 28.3. The molecule has 0 spiro atoms. The minimum atomic E-state index is -4.13. The van der Waals surface area contributed by atoms with Gasteiger partial charge in [-0.05, 0) is 6.42 Å². The maximum Gasteiger partial charge on any atom is 0.472 e. The van der Waals surface area contributed by atoms with Crippen LogP contribution in [0, 0.1) is 5.92 Å². The maximum absolute atomic E-state index is 12.2. The Kier molecular flexibility index (Phi) is 22.8. The molecule has 0 aromatic rings. The summed E-state index contributed by atoms with van der Waals surface area (Å²) in [6.45, 7) is 3.17. The molecule has 0 fully saturated rings. The van der Waals surface area contributed by atoms with Gasteiger partial charge in [-0.1, -0.05) is 110 Å². The van der Waals surface area contributed by atoms with Gasteiger partial charge in [0.1, 0.15) is 13.2 Å². The molecule has 0 saturated carbocycles. The first-order chi connectivity index (χ1) is 17.6. The van der Waals surface area contributed by atoms with Crippen molar-refractivity contribution in [1.29, 1.82) is 0 Å². The van der Waals surface area contributed by atoms with E-state index in [1.807, 2.05) is 21.1 Å². The van der Waals surface area contributed by atoms with Crippen molar-refractivity contribution in [3.05, 3.63) is 0 Å². The molecule has 8 nitrogen and oxygen atoms in total. The van der Waals surface area contributed by atoms with Crippen LogP contribution in [0.5, 0.6) is 0 Å². The van der Waals surface area contributed by atoms with Gasteiger partial charge in [0.2, 0.25) is 0 Å². The third-order valence-corrected chi connectivity index (χ3v) is 7.59. The zero-order chi connectivity index (χ0) is 27.8. The Morgan fingerprint density at radius 1 is 0.784 bits per heavy atom. The maximum atomic E-state index is 12.2. The molecule has 0 rings (SSSR count). The van der Waals surface area contributed by atoms with Crippen molar-refractivity contribution in [2.24, 2.45) is 5.92 Å². The predicted molar refractivity (Wildman–Crippen MR) is 153 cm³/mol. The monoisotopic (exact) mass is 551 g/mol. The largest absolute Gasteiger partial charge is 0.472 e. The molecule has 37 heavy (non-hydrogen) atoms. The Morgan fingerprint density at radius 2 is 1.24 bits per heavy atom. The molecule has 0 aromatic heterocycles. The lowest BCUT2D eigenvalue weighted by Gasteiger charge is -2.24. The molecule has 0 aromatic carbocycles. The van der Waals surface area contributed by atoms with Crippen molar-refractivity contribution >= 4 is 13.9 Å². The van der Waals surface area contributed by atoms with Gasteiger partial charge in [0.15, 0.2) is 0 Å². The summed E-state index contributed by atoms with van der Waals surface area (Å²) in [5.41, 5.74) is 0. The second kappa shape index (κ2) is 23.2. The van der Waals surface area contributed by atoms with E-state index < -0.39 is 13.9 Å². The zero-order valence-corrected chi connectivity index (χ0v) is 25.7. The summed E-state index contributed by atoms with van der Waals surface area (Å²) in [5, 5.41) is 2.43. The molecular weight excluding hydrogens is 491 g/mol. The Hall–Kier alpha value is -0.660. The quantitative estimate of drug-likeness (QED) is 0.0659. The highest BCUT2D eigenvalue weighted by molar-refractivity contribution is 7.47. The molecule has 2 N–H and O–H groups in total. The average Bonchev–Trinajstić information content (AvgIpc) is 2.83. The van der Waals surface area contributed by atoms with Crippen molar-refractivity contribution in [2.45, 2.75) is 116 Å². The second-order valence-electron chi connectivity index (χ2n) is 11.4. The number of alkyl carbamates (subject to hydrolysis) is 1. The Morgan fingerprint density at radius 3 is 1.68 bits per heavy atom. The molecule has 0 aliphatic rings. The third-order valence-electron chi connectivity index (χ3n) is 6.61. The van der Waals surface area contributed by atoms with Gasteiger partial charge in [-0.3, -0.25) is 9.05 Å². The lowest BCUT2D eigenvalue weighted by molar-refractivity contribution is -0.870. The van der Waals surface area contributed by atoms with Crippen LogP contribution in [0.2, 0.25) is 0 Å². The number of amides is 1. The molecule has 0 aliphatic heterocycles. The molecular formula is C28H60N2O6P+. The Labute approximate surface area is 228 Å². The van der Waals surface area contributed by atoms with Crippen molar-refractivity contribution < 1.29 is 32.5 Å². The van der Waals surface area contributed by atoms with Gasteiger partial charge in [-0.25, -0.2) is 9.36 Å². The summed E-state index contributed by atoms with van der Waals surface area (Å²) >= 11 is 0. The van der Waals surface area contributed by atoms with E-state index >= 15 is 0 Å². The minimum Gasteiger partial charge on any atom is -0.449 e. The van der Waals surface area contributed by atoms with E-state index in [1.54, 1.807) is 0 Å². The van der Waals surface area contributed by atoms with Gasteiger partial charge in [0.05, 0.1) is 34.4 Å². The number of phosphoric ester groups is 1. The number of quaternary nitrogens is 1. The number of unbranched alkanes of at least 4 members (excludes halogenated alkanes) is 15. The minimum absolute atomic E-state index is 0.0217. The lowest BCUT2D eigenvalue weighted by Crippen LogP contribution is -2.37. The Bertz CT molecular complexity index is 586. The highest BCUT2D eigenvalue weighted by Gasteiger charge is 2.25. The van der Waals surface area contributed by atoms with E-state index in [9.17, 15) is 14.3 Å². The number of carbonyl (C=O) groups excluding carboxylic acids is 1. The summed E-state index contributed by atoms with van der Waals surface area (Å²) in [6.07, 6.45) is 21.3. The highest BCUT2D eigenvalue weighted by atomic mass is 31.2. The summed E-state index contributed by atoms with van der Waals surface area (Å²) in [6, 6.07) is 0. The number of nitrogens with one attached hydrogen (secondary N) is 1. The van der Waals surface area contributed by atoms with Crippen LogP contribution in [0.4, 0.5) is 4.79 Å². The first-order valence-corrected chi connectivity index (χ1v) is 16.4. The third kappa shape index (κ3) is 26.7. The number of rotatable bonds is 26. The van der Waals surface area contributed by atoms with E-state index in [0.717, 1.165) is 19.3 Å². The van der Waals surface area contributed by atoms with Crippen LogP contribution in [0.1, 0.15) is 116 Å². The highest BCUT2D eigenvalue weighted by Crippen LogP contribution is 2.43. The van der Waals surface area contributed by atoms with Crippen molar-refractivity contribution in [3.8, 4) is 0 Å². The van der Waals surface area contributed by atoms with Crippen LogP contribution in [0.25, 0.3) is 0 Å². The molecule has 0 aliphatic carbocycles. The molecule has 1 amide bonds. The van der Waals surface area contributed by atoms with E-state index in [2.05, 4.69) is 12.2 Å². The van der Waals surface area contributed by atoms with Crippen LogP contribution >= 0.6 is 7.82 Å². The van der Waals surface area contributed by atoms with E-state index in [4.69, 9.17) is 13.8 Å². The fraction of sp³-hybridized carbons (Fsp3) is 0.964.